The molecule has 0 rings (SSSR count). The van der Waals surface area contributed by atoms with Gasteiger partial charge in [-0.15, -0.1) is 0 Å². The highest BCUT2D eigenvalue weighted by atomic mass is 16.6. The summed E-state index contributed by atoms with van der Waals surface area (Å²) < 4.78 is 5.20. The lowest BCUT2D eigenvalue weighted by atomic mass is 10.1. The first-order valence-corrected chi connectivity index (χ1v) is 10.9. The molecule has 25 heavy (non-hydrogen) atoms. The first-order chi connectivity index (χ1) is 12.1. The van der Waals surface area contributed by atoms with Crippen molar-refractivity contribution < 1.29 is 9.84 Å². The summed E-state index contributed by atoms with van der Waals surface area (Å²) in [6.07, 6.45) is 23.2. The Morgan fingerprint density at radius 1 is 0.760 bits per heavy atom. The number of unbranched alkanes of at least 4 members (excludes halogenated alkanes) is 12. The van der Waals surface area contributed by atoms with E-state index in [0.29, 0.717) is 6.61 Å². The van der Waals surface area contributed by atoms with Crippen LogP contribution in [0.4, 0.5) is 0 Å². The summed E-state index contributed by atoms with van der Waals surface area (Å²) >= 11 is 0. The minimum Gasteiger partial charge on any atom is -0.353 e. The van der Waals surface area contributed by atoms with Gasteiger partial charge in [-0.2, -0.15) is 0 Å². The monoisotopic (exact) mass is 355 g/mol. The topological polar surface area (TPSA) is 41.5 Å². The van der Waals surface area contributed by atoms with E-state index in [1.54, 1.807) is 6.92 Å². The number of nitrogens with one attached hydrogen (secondary N) is 1. The van der Waals surface area contributed by atoms with Crippen molar-refractivity contribution in [2.75, 3.05) is 13.2 Å². The van der Waals surface area contributed by atoms with Crippen molar-refractivity contribution >= 4 is 0 Å². The van der Waals surface area contributed by atoms with Crippen molar-refractivity contribution in [3.8, 4) is 0 Å². The number of hydrogen-bond acceptors (Lipinski definition) is 3. The third-order valence-corrected chi connectivity index (χ3v) is 4.57. The smallest absolute Gasteiger partial charge is 0.221 e. The van der Waals surface area contributed by atoms with Gasteiger partial charge in [0.15, 0.2) is 0 Å². The lowest BCUT2D eigenvalue weighted by Gasteiger charge is -2.24. The van der Waals surface area contributed by atoms with Crippen LogP contribution in [0.2, 0.25) is 0 Å². The Labute approximate surface area is 157 Å². The predicted molar refractivity (Wildman–Crippen MR) is 110 cm³/mol. The van der Waals surface area contributed by atoms with E-state index in [-0.39, 0.29) is 0 Å². The van der Waals surface area contributed by atoms with E-state index in [1.165, 1.54) is 83.5 Å². The van der Waals surface area contributed by atoms with Crippen LogP contribution in [-0.4, -0.2) is 24.2 Å². The third kappa shape index (κ3) is 19.8. The zero-order valence-electron chi connectivity index (χ0n) is 17.3. The molecule has 0 saturated heterocycles. The predicted octanol–water partition coefficient (Wildman–Crippen LogP) is 6.32. The maximum atomic E-state index is 9.80. The molecule has 0 heterocycles. The summed E-state index contributed by atoms with van der Waals surface area (Å²) in [7, 11) is 0. The molecule has 0 amide bonds. The van der Waals surface area contributed by atoms with Gasteiger partial charge in [0.05, 0.1) is 0 Å². The van der Waals surface area contributed by atoms with Crippen molar-refractivity contribution in [1.82, 2.24) is 5.32 Å². The second-order valence-electron chi connectivity index (χ2n) is 7.28. The largest absolute Gasteiger partial charge is 0.353 e. The molecule has 0 saturated carbocycles. The number of hydrogen-bond donors (Lipinski definition) is 2. The molecular formula is C22H45NO2. The van der Waals surface area contributed by atoms with E-state index in [9.17, 15) is 5.11 Å². The second-order valence-corrected chi connectivity index (χ2v) is 7.28. The summed E-state index contributed by atoms with van der Waals surface area (Å²) in [6, 6.07) is 0. The molecule has 0 bridgehead atoms. The fraction of sp³-hybridized carbons (Fsp3) is 0.909. The van der Waals surface area contributed by atoms with Crippen LogP contribution in [-0.2, 0) is 4.74 Å². The van der Waals surface area contributed by atoms with Crippen molar-refractivity contribution in [3.63, 3.8) is 0 Å². The standard InChI is InChI=1S/C22H45NO2/c1-4-6-7-8-9-10-11-12-13-14-15-16-17-18-19-20-21-23-22(3,24)25-5-2/h12-13,23-24H,4-11,14-21H2,1-3H3/b13-12-. The summed E-state index contributed by atoms with van der Waals surface area (Å²) in [5, 5.41) is 12.8. The van der Waals surface area contributed by atoms with Gasteiger partial charge in [-0.05, 0) is 39.0 Å². The van der Waals surface area contributed by atoms with Crippen LogP contribution in [0.25, 0.3) is 0 Å². The molecule has 0 aromatic rings. The summed E-state index contributed by atoms with van der Waals surface area (Å²) in [6.45, 7) is 7.16. The van der Waals surface area contributed by atoms with Crippen molar-refractivity contribution in [1.29, 1.82) is 0 Å². The van der Waals surface area contributed by atoms with Gasteiger partial charge in [-0.3, -0.25) is 5.32 Å². The van der Waals surface area contributed by atoms with E-state index in [1.807, 2.05) is 6.92 Å². The van der Waals surface area contributed by atoms with Gasteiger partial charge >= 0.3 is 0 Å². The van der Waals surface area contributed by atoms with Gasteiger partial charge in [-0.25, -0.2) is 0 Å². The van der Waals surface area contributed by atoms with Crippen LogP contribution in [0.1, 0.15) is 111 Å². The van der Waals surface area contributed by atoms with Gasteiger partial charge in [-0.1, -0.05) is 76.9 Å². The van der Waals surface area contributed by atoms with Gasteiger partial charge in [0.25, 0.3) is 0 Å². The molecule has 1 atom stereocenters. The zero-order valence-corrected chi connectivity index (χ0v) is 17.3. The normalized spacial score (nSPS) is 14.2. The van der Waals surface area contributed by atoms with Crippen LogP contribution < -0.4 is 5.32 Å². The van der Waals surface area contributed by atoms with Crippen LogP contribution >= 0.6 is 0 Å². The van der Waals surface area contributed by atoms with Gasteiger partial charge in [0.2, 0.25) is 5.91 Å². The summed E-state index contributed by atoms with van der Waals surface area (Å²) in [5.41, 5.74) is 0. The van der Waals surface area contributed by atoms with E-state index >= 15 is 0 Å². The Balaban J connectivity index is 3.19. The highest BCUT2D eigenvalue weighted by molar-refractivity contribution is 4.81. The molecule has 3 heteroatoms. The first-order valence-electron chi connectivity index (χ1n) is 10.9. The zero-order chi connectivity index (χ0) is 18.6. The van der Waals surface area contributed by atoms with Crippen LogP contribution in [0.5, 0.6) is 0 Å². The Kier molecular flexibility index (Phi) is 18.1. The highest BCUT2D eigenvalue weighted by Gasteiger charge is 2.17. The molecular weight excluding hydrogens is 310 g/mol. The molecule has 0 aromatic heterocycles. The molecule has 3 nitrogen and oxygen atoms in total. The fourth-order valence-electron chi connectivity index (χ4n) is 3.02. The Morgan fingerprint density at radius 2 is 1.24 bits per heavy atom. The van der Waals surface area contributed by atoms with E-state index in [0.717, 1.165) is 13.0 Å². The Morgan fingerprint density at radius 3 is 1.76 bits per heavy atom. The van der Waals surface area contributed by atoms with Crippen molar-refractivity contribution in [2.24, 2.45) is 0 Å². The average Bonchev–Trinajstić information content (AvgIpc) is 2.57. The quantitative estimate of drug-likeness (QED) is 0.162. The summed E-state index contributed by atoms with van der Waals surface area (Å²) in [5.74, 6) is -1.17. The molecule has 0 aliphatic rings. The maximum Gasteiger partial charge on any atom is 0.221 e. The molecule has 0 radical (unpaired) electrons. The number of ether oxygens (including phenoxy) is 1. The van der Waals surface area contributed by atoms with Crippen molar-refractivity contribution in [2.45, 2.75) is 117 Å². The van der Waals surface area contributed by atoms with Gasteiger partial charge < -0.3 is 9.84 Å². The maximum absolute atomic E-state index is 9.80. The Hall–Kier alpha value is -0.380. The number of aliphatic hydroxyl groups is 1. The van der Waals surface area contributed by atoms with E-state index < -0.39 is 5.91 Å². The minimum atomic E-state index is -1.17. The highest BCUT2D eigenvalue weighted by Crippen LogP contribution is 2.10. The SMILES string of the molecule is CCCCCCCC/C=C\CCCCCCCCNC(C)(O)OCC. The van der Waals surface area contributed by atoms with Crippen molar-refractivity contribution in [3.05, 3.63) is 12.2 Å². The van der Waals surface area contributed by atoms with E-state index in [4.69, 9.17) is 4.74 Å². The van der Waals surface area contributed by atoms with Gasteiger partial charge in [0.1, 0.15) is 0 Å². The molecule has 0 aliphatic heterocycles. The number of allylic oxidation sites excluding steroid dienone is 2. The number of rotatable bonds is 19. The lowest BCUT2D eigenvalue weighted by molar-refractivity contribution is -0.208. The second kappa shape index (κ2) is 18.4. The van der Waals surface area contributed by atoms with Crippen LogP contribution in [0.15, 0.2) is 12.2 Å². The van der Waals surface area contributed by atoms with Crippen LogP contribution in [0.3, 0.4) is 0 Å². The molecule has 150 valence electrons. The van der Waals surface area contributed by atoms with Crippen LogP contribution in [0, 0.1) is 0 Å². The third-order valence-electron chi connectivity index (χ3n) is 4.57. The van der Waals surface area contributed by atoms with E-state index in [2.05, 4.69) is 24.4 Å². The molecule has 0 fully saturated rings. The van der Waals surface area contributed by atoms with Gasteiger partial charge in [0, 0.05) is 20.1 Å². The lowest BCUT2D eigenvalue weighted by Crippen LogP contribution is -2.45. The minimum absolute atomic E-state index is 0.521. The molecule has 0 aromatic carbocycles. The fourth-order valence-corrected chi connectivity index (χ4v) is 3.02. The molecule has 0 spiro atoms. The molecule has 0 aliphatic carbocycles. The molecule has 2 N–H and O–H groups in total. The molecule has 1 unspecified atom stereocenters. The first kappa shape index (κ1) is 24.6. The summed E-state index contributed by atoms with van der Waals surface area (Å²) in [4.78, 5) is 0. The average molecular weight is 356 g/mol. The Bertz CT molecular complexity index is 290.